The highest BCUT2D eigenvalue weighted by atomic mass is 32.1. The summed E-state index contributed by atoms with van der Waals surface area (Å²) < 4.78 is 2.63. The molecule has 22 heavy (non-hydrogen) atoms. The lowest BCUT2D eigenvalue weighted by Crippen LogP contribution is -2.07. The van der Waals surface area contributed by atoms with Gasteiger partial charge in [-0.1, -0.05) is 12.1 Å². The molecule has 0 bridgehead atoms. The van der Waals surface area contributed by atoms with Crippen LogP contribution in [0.25, 0.3) is 16.3 Å². The largest absolute Gasteiger partial charge is 0.293 e. The summed E-state index contributed by atoms with van der Waals surface area (Å²) in [7, 11) is 1.80. The molecule has 0 aliphatic carbocycles. The molecule has 0 radical (unpaired) electrons. The number of aryl methyl sites for hydroxylation is 1. The van der Waals surface area contributed by atoms with Crippen molar-refractivity contribution < 1.29 is 4.79 Å². The van der Waals surface area contributed by atoms with Gasteiger partial charge in [0, 0.05) is 18.8 Å². The molecule has 0 aliphatic rings. The smallest absolute Gasteiger partial charge is 0.179 e. The lowest BCUT2D eigenvalue weighted by atomic mass is 10.1. The summed E-state index contributed by atoms with van der Waals surface area (Å²) in [5.41, 5.74) is 1.63. The highest BCUT2D eigenvalue weighted by Gasteiger charge is 2.21. The van der Waals surface area contributed by atoms with E-state index in [1.165, 1.54) is 17.4 Å². The van der Waals surface area contributed by atoms with E-state index in [0.717, 1.165) is 15.8 Å². The van der Waals surface area contributed by atoms with E-state index >= 15 is 0 Å². The van der Waals surface area contributed by atoms with Gasteiger partial charge in [-0.05, 0) is 24.3 Å². The Morgan fingerprint density at radius 1 is 1.45 bits per heavy atom. The van der Waals surface area contributed by atoms with E-state index in [-0.39, 0.29) is 5.78 Å². The van der Waals surface area contributed by atoms with Crippen LogP contribution >= 0.6 is 11.3 Å². The second-order valence-corrected chi connectivity index (χ2v) is 5.83. The number of carbonyl (C=O) groups excluding carboxylic acids is 1. The highest BCUT2D eigenvalue weighted by molar-refractivity contribution is 7.18. The van der Waals surface area contributed by atoms with Crippen LogP contribution in [0.1, 0.15) is 16.5 Å². The van der Waals surface area contributed by atoms with Gasteiger partial charge in [-0.25, -0.2) is 4.98 Å². The molecule has 1 atom stereocenters. The molecular formula is C16H12N4OS. The van der Waals surface area contributed by atoms with Gasteiger partial charge in [0.05, 0.1) is 22.5 Å². The Hall–Kier alpha value is -2.78. The molecule has 0 saturated heterocycles. The van der Waals surface area contributed by atoms with Crippen LogP contribution in [0.3, 0.4) is 0 Å². The maximum atomic E-state index is 12.3. The van der Waals surface area contributed by atoms with Crippen molar-refractivity contribution in [1.29, 1.82) is 5.26 Å². The first-order valence-electron chi connectivity index (χ1n) is 6.63. The van der Waals surface area contributed by atoms with E-state index in [1.807, 2.05) is 30.3 Å². The third-order valence-corrected chi connectivity index (χ3v) is 4.24. The van der Waals surface area contributed by atoms with Gasteiger partial charge < -0.3 is 0 Å². The zero-order chi connectivity index (χ0) is 15.5. The molecule has 6 heteroatoms. The fourth-order valence-corrected chi connectivity index (χ4v) is 3.08. The van der Waals surface area contributed by atoms with Crippen molar-refractivity contribution >= 4 is 33.4 Å². The maximum Gasteiger partial charge on any atom is 0.179 e. The molecule has 5 nitrogen and oxygen atoms in total. The first-order chi connectivity index (χ1) is 10.7. The zero-order valence-electron chi connectivity index (χ0n) is 11.8. The second-order valence-electron chi connectivity index (χ2n) is 4.76. The van der Waals surface area contributed by atoms with E-state index < -0.39 is 5.92 Å². The summed E-state index contributed by atoms with van der Waals surface area (Å²) in [5.74, 6) is -1.14. The Kier molecular flexibility index (Phi) is 3.81. The minimum Gasteiger partial charge on any atom is -0.293 e. The third kappa shape index (κ3) is 2.80. The Bertz CT molecular complexity index is 867. The van der Waals surface area contributed by atoms with Crippen LogP contribution in [-0.4, -0.2) is 20.5 Å². The minimum atomic E-state index is -0.870. The zero-order valence-corrected chi connectivity index (χ0v) is 12.6. The van der Waals surface area contributed by atoms with Crippen LogP contribution < -0.4 is 0 Å². The molecule has 0 spiro atoms. The molecule has 0 fully saturated rings. The number of thiazole rings is 1. The van der Waals surface area contributed by atoms with Gasteiger partial charge in [-0.15, -0.1) is 11.3 Å². The lowest BCUT2D eigenvalue weighted by molar-refractivity contribution is -0.114. The number of nitrogens with zero attached hydrogens (tertiary/aromatic N) is 4. The van der Waals surface area contributed by atoms with Crippen LogP contribution in [0.4, 0.5) is 0 Å². The standard InChI is InChI=1S/C16H12N4OS/c1-20-10-11(9-18-20)6-7-14(21)12(8-17)16-19-13-4-2-3-5-15(13)22-16/h2-7,9-10,12H,1H3/b7-6-/t12-/m0/s1. The monoisotopic (exact) mass is 308 g/mol. The molecule has 0 saturated carbocycles. The molecule has 3 rings (SSSR count). The topological polar surface area (TPSA) is 71.6 Å². The normalized spacial score (nSPS) is 12.5. The lowest BCUT2D eigenvalue weighted by Gasteiger charge is -1.99. The SMILES string of the molecule is Cn1cc(/C=C\C(=O)[C@H](C#N)c2nc3ccccc3s2)cn1. The van der Waals surface area contributed by atoms with Crippen LogP contribution in [-0.2, 0) is 11.8 Å². The van der Waals surface area contributed by atoms with Gasteiger partial charge in [0.25, 0.3) is 0 Å². The molecule has 0 amide bonds. The molecule has 0 unspecified atom stereocenters. The van der Waals surface area contributed by atoms with Crippen LogP contribution in [0, 0.1) is 11.3 Å². The van der Waals surface area contributed by atoms with Gasteiger partial charge in [0.1, 0.15) is 5.01 Å². The van der Waals surface area contributed by atoms with Crippen LogP contribution in [0.15, 0.2) is 42.7 Å². The van der Waals surface area contributed by atoms with Crippen molar-refractivity contribution in [1.82, 2.24) is 14.8 Å². The molecule has 108 valence electrons. The van der Waals surface area contributed by atoms with Gasteiger partial charge >= 0.3 is 0 Å². The second kappa shape index (κ2) is 5.92. The van der Waals surface area contributed by atoms with E-state index in [9.17, 15) is 10.1 Å². The Morgan fingerprint density at radius 2 is 2.27 bits per heavy atom. The van der Waals surface area contributed by atoms with E-state index in [2.05, 4.69) is 10.1 Å². The molecule has 2 aromatic heterocycles. The third-order valence-electron chi connectivity index (χ3n) is 3.14. The molecule has 1 aromatic carbocycles. The molecule has 0 N–H and O–H groups in total. The van der Waals surface area contributed by atoms with Gasteiger partial charge in [-0.2, -0.15) is 10.4 Å². The van der Waals surface area contributed by atoms with E-state index in [4.69, 9.17) is 0 Å². The number of hydrogen-bond acceptors (Lipinski definition) is 5. The number of rotatable bonds is 4. The summed E-state index contributed by atoms with van der Waals surface area (Å²) in [4.78, 5) is 16.7. The van der Waals surface area contributed by atoms with Crippen molar-refractivity contribution in [3.8, 4) is 6.07 Å². The van der Waals surface area contributed by atoms with Crippen LogP contribution in [0.5, 0.6) is 0 Å². The molecule has 2 heterocycles. The predicted octanol–water partition coefficient (Wildman–Crippen LogP) is 2.92. The number of para-hydroxylation sites is 1. The quantitative estimate of drug-likeness (QED) is 0.695. The minimum absolute atomic E-state index is 0.273. The number of ketones is 1. The molecular weight excluding hydrogens is 296 g/mol. The fraction of sp³-hybridized carbons (Fsp3) is 0.125. The average molecular weight is 308 g/mol. The first-order valence-corrected chi connectivity index (χ1v) is 7.44. The molecule has 0 aliphatic heterocycles. The summed E-state index contributed by atoms with van der Waals surface area (Å²) in [5, 5.41) is 13.9. The van der Waals surface area contributed by atoms with Gasteiger partial charge in [0.15, 0.2) is 11.7 Å². The van der Waals surface area contributed by atoms with Crippen molar-refractivity contribution in [3.63, 3.8) is 0 Å². The summed E-state index contributed by atoms with van der Waals surface area (Å²) >= 11 is 1.38. The van der Waals surface area contributed by atoms with E-state index in [1.54, 1.807) is 30.2 Å². The maximum absolute atomic E-state index is 12.3. The summed E-state index contributed by atoms with van der Waals surface area (Å²) in [6.07, 6.45) is 6.52. The van der Waals surface area contributed by atoms with Crippen molar-refractivity contribution in [2.24, 2.45) is 7.05 Å². The fourth-order valence-electron chi connectivity index (χ4n) is 2.05. The summed E-state index contributed by atoms with van der Waals surface area (Å²) in [6.45, 7) is 0. The number of benzene rings is 1. The average Bonchev–Trinajstić information content (AvgIpc) is 3.11. The number of hydrogen-bond donors (Lipinski definition) is 0. The number of carbonyl (C=O) groups is 1. The van der Waals surface area contributed by atoms with E-state index in [0.29, 0.717) is 5.01 Å². The first kappa shape index (κ1) is 14.2. The van der Waals surface area contributed by atoms with Crippen molar-refractivity contribution in [2.75, 3.05) is 0 Å². The van der Waals surface area contributed by atoms with Crippen molar-refractivity contribution in [3.05, 3.63) is 53.3 Å². The van der Waals surface area contributed by atoms with Crippen molar-refractivity contribution in [2.45, 2.75) is 5.92 Å². The summed E-state index contributed by atoms with van der Waals surface area (Å²) in [6, 6.07) is 9.65. The Morgan fingerprint density at radius 3 is 2.95 bits per heavy atom. The highest BCUT2D eigenvalue weighted by Crippen LogP contribution is 2.28. The Balaban J connectivity index is 1.85. The Labute approximate surface area is 131 Å². The number of aromatic nitrogens is 3. The molecule has 3 aromatic rings. The number of allylic oxidation sites excluding steroid dienone is 1. The number of nitriles is 1. The van der Waals surface area contributed by atoms with Gasteiger partial charge in [-0.3, -0.25) is 9.48 Å². The van der Waals surface area contributed by atoms with Crippen LogP contribution in [0.2, 0.25) is 0 Å². The predicted molar refractivity (Wildman–Crippen MR) is 85.2 cm³/mol. The van der Waals surface area contributed by atoms with Gasteiger partial charge in [0.2, 0.25) is 0 Å². The number of fused-ring (bicyclic) bond motifs is 1.